The monoisotopic (exact) mass is 727 g/mol. The molecular formula is C41H50FN3O6Si. The van der Waals surface area contributed by atoms with Crippen molar-refractivity contribution in [1.29, 1.82) is 0 Å². The van der Waals surface area contributed by atoms with Gasteiger partial charge in [0.05, 0.1) is 44.5 Å². The molecule has 0 unspecified atom stereocenters. The van der Waals surface area contributed by atoms with Gasteiger partial charge in [0.1, 0.15) is 5.75 Å². The number of aliphatic hydroxyl groups is 1. The molecule has 1 N–H and O–H groups in total. The molecule has 3 amide bonds. The smallest absolute Gasteiger partial charge is 0.264 e. The highest BCUT2D eigenvalue weighted by atomic mass is 28.4. The third-order valence-electron chi connectivity index (χ3n) is 11.8. The third-order valence-corrected chi connectivity index (χ3v) is 14.3. The molecule has 2 saturated heterocycles. The Hall–Kier alpha value is -4.06. The van der Waals surface area contributed by atoms with Crippen LogP contribution in [0.3, 0.4) is 0 Å². The molecule has 2 fully saturated rings. The highest BCUT2D eigenvalue weighted by Gasteiger charge is 2.67. The molecule has 0 radical (unpaired) electrons. The zero-order valence-corrected chi connectivity index (χ0v) is 31.6. The van der Waals surface area contributed by atoms with Crippen LogP contribution in [-0.2, 0) is 44.2 Å². The lowest BCUT2D eigenvalue weighted by Gasteiger charge is -2.37. The lowest BCUT2D eigenvalue weighted by Crippen LogP contribution is -2.48. The zero-order chi connectivity index (χ0) is 36.8. The first-order valence-electron chi connectivity index (χ1n) is 18.7. The van der Waals surface area contributed by atoms with Gasteiger partial charge in [-0.15, -0.1) is 0 Å². The van der Waals surface area contributed by atoms with Crippen LogP contribution < -0.4 is 14.5 Å². The summed E-state index contributed by atoms with van der Waals surface area (Å²) in [5.41, 5.74) is 2.87. The van der Waals surface area contributed by atoms with Crippen molar-refractivity contribution < 1.29 is 33.1 Å². The molecule has 1 spiro atoms. The third kappa shape index (κ3) is 6.45. The van der Waals surface area contributed by atoms with E-state index >= 15 is 8.90 Å². The van der Waals surface area contributed by atoms with Crippen LogP contribution in [0.5, 0.6) is 5.75 Å². The standard InChI is InChI=1S/C41H50FN3O6Si/c1-27-39(52(3,4)42)36(23-38(48)44-25-30-14-9-8-13-29(30)21-32(44)26-46)51-41(27)34-22-33(50-2)17-18-35(34)45(40(41)49)24-28-12-11-15-31(20-28)43-19-10-6-5-7-16-37(43)47/h8-9,11-15,17-18,20,22,27,32,36,39,46H,5-7,10,16,19,21,23-26H2,1-4H3/t27-,32-,36+,39-,41+/m0/s1. The lowest BCUT2D eigenvalue weighted by atomic mass is 9.82. The molecule has 3 aromatic carbocycles. The first kappa shape index (κ1) is 36.3. The number of benzene rings is 3. The van der Waals surface area contributed by atoms with E-state index < -0.39 is 37.6 Å². The number of nitrogens with zero attached hydrogens (tertiary/aromatic N) is 3. The summed E-state index contributed by atoms with van der Waals surface area (Å²) < 4.78 is 29.1. The summed E-state index contributed by atoms with van der Waals surface area (Å²) in [6.45, 7) is 6.19. The van der Waals surface area contributed by atoms with Crippen molar-refractivity contribution in [1.82, 2.24) is 4.90 Å². The van der Waals surface area contributed by atoms with E-state index in [9.17, 15) is 14.7 Å². The van der Waals surface area contributed by atoms with Gasteiger partial charge in [-0.1, -0.05) is 56.2 Å². The highest BCUT2D eigenvalue weighted by Crippen LogP contribution is 2.61. The molecule has 9 nitrogen and oxygen atoms in total. The summed E-state index contributed by atoms with van der Waals surface area (Å²) in [5.74, 6) is -0.445. The number of amides is 3. The molecule has 0 aromatic heterocycles. The van der Waals surface area contributed by atoms with Crippen LogP contribution in [-0.4, -0.2) is 68.5 Å². The number of anilines is 2. The van der Waals surface area contributed by atoms with Gasteiger partial charge in [-0.3, -0.25) is 14.4 Å². The maximum atomic E-state index is 16.6. The molecule has 5 atom stereocenters. The fourth-order valence-electron chi connectivity index (χ4n) is 9.28. The first-order valence-corrected chi connectivity index (χ1v) is 21.7. The van der Waals surface area contributed by atoms with E-state index in [0.29, 0.717) is 42.9 Å². The number of rotatable bonds is 8. The number of carbonyl (C=O) groups excluding carboxylic acids is 3. The SMILES string of the molecule is COc1ccc2c(c1)[C@@]1(O[C@H](CC(=O)N3Cc4ccccc4C[C@H]3CO)[C@@H]([Si](C)(C)F)[C@@H]1C)C(=O)N2Cc1cccc(N2CCCCCCC2=O)c1. The van der Waals surface area contributed by atoms with Crippen molar-refractivity contribution in [2.24, 2.45) is 5.92 Å². The largest absolute Gasteiger partial charge is 0.497 e. The van der Waals surface area contributed by atoms with Gasteiger partial charge in [-0.05, 0) is 79.4 Å². The number of hydrogen-bond donors (Lipinski definition) is 1. The van der Waals surface area contributed by atoms with E-state index in [1.165, 1.54) is 0 Å². The molecule has 3 aromatic rings. The molecule has 4 aliphatic heterocycles. The summed E-state index contributed by atoms with van der Waals surface area (Å²) in [6, 6.07) is 20.8. The van der Waals surface area contributed by atoms with Crippen LogP contribution in [0.4, 0.5) is 15.5 Å². The zero-order valence-electron chi connectivity index (χ0n) is 30.6. The minimum Gasteiger partial charge on any atom is -0.497 e. The average Bonchev–Trinajstić information content (AvgIpc) is 3.55. The van der Waals surface area contributed by atoms with Crippen LogP contribution in [0.25, 0.3) is 0 Å². The normalized spacial score (nSPS) is 26.3. The van der Waals surface area contributed by atoms with E-state index in [1.54, 1.807) is 30.0 Å². The Bertz CT molecular complexity index is 1850. The van der Waals surface area contributed by atoms with Crippen LogP contribution in [0.2, 0.25) is 18.6 Å². The molecule has 0 saturated carbocycles. The van der Waals surface area contributed by atoms with Gasteiger partial charge in [0, 0.05) is 42.2 Å². The fraction of sp³-hybridized carbons (Fsp3) is 0.488. The van der Waals surface area contributed by atoms with Crippen LogP contribution in [0.15, 0.2) is 66.7 Å². The molecule has 7 rings (SSSR count). The maximum absolute atomic E-state index is 16.6. The number of halogens is 1. The average molecular weight is 728 g/mol. The minimum absolute atomic E-state index is 0.103. The molecule has 4 aliphatic rings. The van der Waals surface area contributed by atoms with Crippen molar-refractivity contribution in [2.75, 3.05) is 30.1 Å². The summed E-state index contributed by atoms with van der Waals surface area (Å²) in [7, 11) is -1.97. The second-order valence-corrected chi connectivity index (χ2v) is 19.3. The molecule has 0 aliphatic carbocycles. The number of ether oxygens (including phenoxy) is 2. The molecule has 4 heterocycles. The van der Waals surface area contributed by atoms with Crippen molar-refractivity contribution >= 4 is 37.5 Å². The molecule has 52 heavy (non-hydrogen) atoms. The van der Waals surface area contributed by atoms with Crippen LogP contribution >= 0.6 is 0 Å². The molecule has 0 bridgehead atoms. The number of carbonyl (C=O) groups is 3. The number of fused-ring (bicyclic) bond motifs is 3. The maximum Gasteiger partial charge on any atom is 0.264 e. The van der Waals surface area contributed by atoms with Crippen LogP contribution in [0, 0.1) is 5.92 Å². The summed E-state index contributed by atoms with van der Waals surface area (Å²) in [6.07, 6.45) is 4.08. The molecule has 11 heteroatoms. The number of aliphatic hydroxyl groups excluding tert-OH is 1. The lowest BCUT2D eigenvalue weighted by molar-refractivity contribution is -0.151. The van der Waals surface area contributed by atoms with E-state index in [2.05, 4.69) is 0 Å². The van der Waals surface area contributed by atoms with Gasteiger partial charge in [0.15, 0.2) is 5.60 Å². The first-order chi connectivity index (χ1) is 25.0. The van der Waals surface area contributed by atoms with E-state index in [0.717, 1.165) is 48.1 Å². The predicted molar refractivity (Wildman–Crippen MR) is 200 cm³/mol. The minimum atomic E-state index is -3.54. The second kappa shape index (κ2) is 14.4. The fourth-order valence-corrected chi connectivity index (χ4v) is 11.8. The summed E-state index contributed by atoms with van der Waals surface area (Å²) in [4.78, 5) is 47.5. The highest BCUT2D eigenvalue weighted by molar-refractivity contribution is 6.72. The van der Waals surface area contributed by atoms with E-state index in [4.69, 9.17) is 9.47 Å². The van der Waals surface area contributed by atoms with Gasteiger partial charge >= 0.3 is 0 Å². The van der Waals surface area contributed by atoms with Crippen LogP contribution in [0.1, 0.15) is 67.7 Å². The van der Waals surface area contributed by atoms with Gasteiger partial charge in [-0.2, -0.15) is 0 Å². The Balaban J connectivity index is 1.21. The Morgan fingerprint density at radius 3 is 2.54 bits per heavy atom. The van der Waals surface area contributed by atoms with Gasteiger partial charge < -0.3 is 33.4 Å². The quantitative estimate of drug-likeness (QED) is 0.206. The Morgan fingerprint density at radius 2 is 1.79 bits per heavy atom. The van der Waals surface area contributed by atoms with Crippen molar-refractivity contribution in [2.45, 2.75) is 101 Å². The van der Waals surface area contributed by atoms with Gasteiger partial charge in [-0.25, -0.2) is 0 Å². The van der Waals surface area contributed by atoms with Crippen molar-refractivity contribution in [3.63, 3.8) is 0 Å². The molecular weight excluding hydrogens is 678 g/mol. The van der Waals surface area contributed by atoms with Gasteiger partial charge in [0.2, 0.25) is 20.2 Å². The summed E-state index contributed by atoms with van der Waals surface area (Å²) >= 11 is 0. The van der Waals surface area contributed by atoms with Crippen molar-refractivity contribution in [3.8, 4) is 5.75 Å². The second-order valence-electron chi connectivity index (χ2n) is 15.5. The van der Waals surface area contributed by atoms with Gasteiger partial charge in [0.25, 0.3) is 5.91 Å². The molecule has 276 valence electrons. The van der Waals surface area contributed by atoms with Crippen molar-refractivity contribution in [3.05, 3.63) is 89.0 Å². The Labute approximate surface area is 306 Å². The topological polar surface area (TPSA) is 99.6 Å². The van der Waals surface area contributed by atoms with E-state index in [1.807, 2.05) is 78.6 Å². The number of hydrogen-bond acceptors (Lipinski definition) is 6. The Morgan fingerprint density at radius 1 is 1.02 bits per heavy atom. The number of methoxy groups -OCH3 is 1. The summed E-state index contributed by atoms with van der Waals surface area (Å²) in [5, 5.41) is 10.3. The predicted octanol–water partition coefficient (Wildman–Crippen LogP) is 6.65. The Kier molecular flexibility index (Phi) is 10.1. The van der Waals surface area contributed by atoms with E-state index in [-0.39, 0.29) is 37.3 Å².